The first-order chi connectivity index (χ1) is 11.5. The van der Waals surface area contributed by atoms with Crippen LogP contribution < -0.4 is 5.32 Å². The van der Waals surface area contributed by atoms with Crippen LogP contribution >= 0.6 is 0 Å². The summed E-state index contributed by atoms with van der Waals surface area (Å²) >= 11 is 0. The molecule has 24 heavy (non-hydrogen) atoms. The van der Waals surface area contributed by atoms with E-state index in [-0.39, 0.29) is 12.1 Å². The van der Waals surface area contributed by atoms with Crippen LogP contribution in [0.15, 0.2) is 24.3 Å². The van der Waals surface area contributed by atoms with Crippen molar-refractivity contribution in [2.24, 2.45) is 11.8 Å². The van der Waals surface area contributed by atoms with Crippen molar-refractivity contribution in [3.63, 3.8) is 0 Å². The average molecular weight is 331 g/mol. The monoisotopic (exact) mass is 331 g/mol. The largest absolute Gasteiger partial charge is 0.448 e. The third kappa shape index (κ3) is 3.99. The van der Waals surface area contributed by atoms with Crippen LogP contribution in [-0.4, -0.2) is 48.2 Å². The van der Waals surface area contributed by atoms with Gasteiger partial charge in [0.2, 0.25) is 0 Å². The van der Waals surface area contributed by atoms with Crippen LogP contribution in [-0.2, 0) is 11.3 Å². The van der Waals surface area contributed by atoms with Crippen LogP contribution in [0.5, 0.6) is 0 Å². The minimum absolute atomic E-state index is 0.0499. The highest BCUT2D eigenvalue weighted by Crippen LogP contribution is 2.22. The lowest BCUT2D eigenvalue weighted by Gasteiger charge is -2.34. The maximum Gasteiger partial charge on any atom is 0.410 e. The van der Waals surface area contributed by atoms with Gasteiger partial charge in [0, 0.05) is 25.3 Å². The van der Waals surface area contributed by atoms with Gasteiger partial charge in [-0.25, -0.2) is 9.59 Å². The molecular formula is C18H25N3O3. The number of urea groups is 1. The summed E-state index contributed by atoms with van der Waals surface area (Å²) in [6.45, 7) is 7.53. The fraction of sp³-hybridized carbons (Fsp3) is 0.556. The molecule has 1 N–H and O–H groups in total. The zero-order valence-electron chi connectivity index (χ0n) is 14.3. The van der Waals surface area contributed by atoms with Crippen LogP contribution in [0.3, 0.4) is 0 Å². The summed E-state index contributed by atoms with van der Waals surface area (Å²) in [5.41, 5.74) is 1.74. The molecule has 3 rings (SSSR count). The highest BCUT2D eigenvalue weighted by Gasteiger charge is 2.25. The molecule has 2 heterocycles. The fourth-order valence-electron chi connectivity index (χ4n) is 3.57. The summed E-state index contributed by atoms with van der Waals surface area (Å²) in [6, 6.07) is 7.59. The smallest absolute Gasteiger partial charge is 0.410 e. The number of hydrogen-bond donors (Lipinski definition) is 1. The van der Waals surface area contributed by atoms with E-state index in [2.05, 4.69) is 19.2 Å². The van der Waals surface area contributed by atoms with Gasteiger partial charge in [0.05, 0.1) is 6.54 Å². The molecule has 2 atom stereocenters. The summed E-state index contributed by atoms with van der Waals surface area (Å²) in [7, 11) is 0. The highest BCUT2D eigenvalue weighted by atomic mass is 16.6. The molecule has 0 unspecified atom stereocenters. The molecule has 0 saturated carbocycles. The van der Waals surface area contributed by atoms with E-state index in [1.54, 1.807) is 4.90 Å². The number of rotatable bonds is 3. The van der Waals surface area contributed by atoms with E-state index in [4.69, 9.17) is 4.74 Å². The minimum Gasteiger partial charge on any atom is -0.448 e. The highest BCUT2D eigenvalue weighted by molar-refractivity contribution is 5.89. The van der Waals surface area contributed by atoms with Crippen LogP contribution in [0.25, 0.3) is 0 Å². The predicted molar refractivity (Wildman–Crippen MR) is 91.7 cm³/mol. The second-order valence-corrected chi connectivity index (χ2v) is 7.02. The number of nitrogens with one attached hydrogen (secondary N) is 1. The Morgan fingerprint density at radius 2 is 2.04 bits per heavy atom. The Balaban J connectivity index is 1.61. The lowest BCUT2D eigenvalue weighted by atomic mass is 9.92. The van der Waals surface area contributed by atoms with Crippen molar-refractivity contribution in [2.75, 3.05) is 31.6 Å². The molecule has 2 fully saturated rings. The van der Waals surface area contributed by atoms with Gasteiger partial charge in [-0.1, -0.05) is 26.0 Å². The number of likely N-dealkylation sites (tertiary alicyclic amines) is 1. The molecule has 6 heteroatoms. The Labute approximate surface area is 142 Å². The van der Waals surface area contributed by atoms with E-state index in [9.17, 15) is 9.59 Å². The molecule has 0 bridgehead atoms. The quantitative estimate of drug-likeness (QED) is 0.925. The van der Waals surface area contributed by atoms with Gasteiger partial charge in [-0.15, -0.1) is 0 Å². The second kappa shape index (κ2) is 7.11. The lowest BCUT2D eigenvalue weighted by molar-refractivity contribution is 0.156. The first-order valence-corrected chi connectivity index (χ1v) is 8.58. The Kier molecular flexibility index (Phi) is 4.92. The van der Waals surface area contributed by atoms with Gasteiger partial charge in [-0.05, 0) is 36.0 Å². The predicted octanol–water partition coefficient (Wildman–Crippen LogP) is 3.15. The molecule has 1 aromatic rings. The molecule has 130 valence electrons. The fourth-order valence-corrected chi connectivity index (χ4v) is 3.57. The Hall–Kier alpha value is -2.24. The topological polar surface area (TPSA) is 61.9 Å². The number of anilines is 1. The SMILES string of the molecule is C[C@@H]1C[C@@H](C)CN(C(=O)Nc2cccc(CN3CCOC3=O)c2)C1. The maximum atomic E-state index is 12.5. The Bertz CT molecular complexity index is 609. The number of carbonyl (C=O) groups is 2. The molecule has 0 aromatic heterocycles. The van der Waals surface area contributed by atoms with Gasteiger partial charge in [0.1, 0.15) is 6.61 Å². The van der Waals surface area contributed by atoms with E-state index in [0.29, 0.717) is 31.5 Å². The molecule has 2 aliphatic rings. The molecule has 6 nitrogen and oxygen atoms in total. The molecule has 2 aliphatic heterocycles. The van der Waals surface area contributed by atoms with Gasteiger partial charge >= 0.3 is 12.1 Å². The molecule has 2 saturated heterocycles. The molecule has 1 aromatic carbocycles. The van der Waals surface area contributed by atoms with E-state index in [0.717, 1.165) is 24.3 Å². The van der Waals surface area contributed by atoms with E-state index in [1.165, 1.54) is 6.42 Å². The van der Waals surface area contributed by atoms with Crippen LogP contribution in [0.4, 0.5) is 15.3 Å². The summed E-state index contributed by atoms with van der Waals surface area (Å²) < 4.78 is 4.94. The first-order valence-electron chi connectivity index (χ1n) is 8.58. The number of cyclic esters (lactones) is 1. The van der Waals surface area contributed by atoms with Crippen molar-refractivity contribution in [3.05, 3.63) is 29.8 Å². The molecule has 3 amide bonds. The number of ether oxygens (including phenoxy) is 1. The molecular weight excluding hydrogens is 306 g/mol. The third-order valence-corrected chi connectivity index (χ3v) is 4.55. The second-order valence-electron chi connectivity index (χ2n) is 7.02. The van der Waals surface area contributed by atoms with Crippen molar-refractivity contribution in [2.45, 2.75) is 26.8 Å². The van der Waals surface area contributed by atoms with Gasteiger partial charge in [-0.2, -0.15) is 0 Å². The van der Waals surface area contributed by atoms with E-state index >= 15 is 0 Å². The Morgan fingerprint density at radius 3 is 2.71 bits per heavy atom. The third-order valence-electron chi connectivity index (χ3n) is 4.55. The van der Waals surface area contributed by atoms with Crippen molar-refractivity contribution in [1.29, 1.82) is 0 Å². The number of hydrogen-bond acceptors (Lipinski definition) is 3. The van der Waals surface area contributed by atoms with E-state index in [1.807, 2.05) is 29.2 Å². The maximum absolute atomic E-state index is 12.5. The van der Waals surface area contributed by atoms with Crippen LogP contribution in [0, 0.1) is 11.8 Å². The van der Waals surface area contributed by atoms with Gasteiger partial charge in [0.25, 0.3) is 0 Å². The van der Waals surface area contributed by atoms with Crippen LogP contribution in [0.1, 0.15) is 25.8 Å². The minimum atomic E-state index is -0.277. The molecule has 0 aliphatic carbocycles. The van der Waals surface area contributed by atoms with E-state index < -0.39 is 0 Å². The summed E-state index contributed by atoms with van der Waals surface area (Å²) in [4.78, 5) is 27.6. The standard InChI is InChI=1S/C18H25N3O3/c1-13-8-14(2)11-21(10-13)17(22)19-16-5-3-4-15(9-16)12-20-6-7-24-18(20)23/h3-5,9,13-14H,6-8,10-12H2,1-2H3,(H,19,22)/t13-,14-/m1/s1. The van der Waals surface area contributed by atoms with Crippen molar-refractivity contribution < 1.29 is 14.3 Å². The van der Waals surface area contributed by atoms with Crippen molar-refractivity contribution in [3.8, 4) is 0 Å². The normalized spacial score (nSPS) is 24.0. The van der Waals surface area contributed by atoms with Gasteiger partial charge in [0.15, 0.2) is 0 Å². The number of carbonyl (C=O) groups excluding carboxylic acids is 2. The number of nitrogens with zero attached hydrogens (tertiary/aromatic N) is 2. The Morgan fingerprint density at radius 1 is 1.29 bits per heavy atom. The molecule has 0 radical (unpaired) electrons. The summed E-state index contributed by atoms with van der Waals surface area (Å²) in [5, 5.41) is 2.98. The average Bonchev–Trinajstić information content (AvgIpc) is 2.92. The molecule has 0 spiro atoms. The van der Waals surface area contributed by atoms with Gasteiger partial charge < -0.3 is 19.9 Å². The zero-order chi connectivity index (χ0) is 17.1. The first kappa shape index (κ1) is 16.6. The summed E-state index contributed by atoms with van der Waals surface area (Å²) in [6.07, 6.45) is 0.895. The summed E-state index contributed by atoms with van der Waals surface area (Å²) in [5.74, 6) is 1.07. The lowest BCUT2D eigenvalue weighted by Crippen LogP contribution is -2.44. The van der Waals surface area contributed by atoms with Crippen LogP contribution in [0.2, 0.25) is 0 Å². The zero-order valence-corrected chi connectivity index (χ0v) is 14.3. The number of amides is 3. The van der Waals surface area contributed by atoms with Gasteiger partial charge in [-0.3, -0.25) is 0 Å². The van der Waals surface area contributed by atoms with Crippen molar-refractivity contribution in [1.82, 2.24) is 9.80 Å². The number of benzene rings is 1. The van der Waals surface area contributed by atoms with Crippen molar-refractivity contribution >= 4 is 17.8 Å². The number of piperidine rings is 1.